The summed E-state index contributed by atoms with van der Waals surface area (Å²) in [6.45, 7) is 8.11. The average Bonchev–Trinajstić information content (AvgIpc) is 2.27. The van der Waals surface area contributed by atoms with Gasteiger partial charge in [0.25, 0.3) is 0 Å². The van der Waals surface area contributed by atoms with Crippen molar-refractivity contribution in [2.24, 2.45) is 0 Å². The van der Waals surface area contributed by atoms with Crippen LogP contribution in [0.4, 0.5) is 0 Å². The minimum atomic E-state index is -0.361. The summed E-state index contributed by atoms with van der Waals surface area (Å²) in [5.74, 6) is 0. The van der Waals surface area contributed by atoms with E-state index in [-0.39, 0.29) is 6.92 Å². The number of benzene rings is 1. The zero-order valence-corrected chi connectivity index (χ0v) is 10.4. The Bertz CT molecular complexity index is 376. The predicted molar refractivity (Wildman–Crippen MR) is 69.2 cm³/mol. The van der Waals surface area contributed by atoms with E-state index in [4.69, 9.17) is 0 Å². The lowest BCUT2D eigenvalue weighted by atomic mass is 9.64. The van der Waals surface area contributed by atoms with Crippen molar-refractivity contribution in [3.63, 3.8) is 0 Å². The summed E-state index contributed by atoms with van der Waals surface area (Å²) in [7, 11) is 0. The molecular weight excluding hydrogens is 197 g/mol. The van der Waals surface area contributed by atoms with Gasteiger partial charge in [-0.05, 0) is 36.9 Å². The Morgan fingerprint density at radius 3 is 2.69 bits per heavy atom. The molecule has 0 spiro atoms. The van der Waals surface area contributed by atoms with Gasteiger partial charge < -0.3 is 5.02 Å². The second-order valence-corrected chi connectivity index (χ2v) is 5.02. The Morgan fingerprint density at radius 2 is 2.06 bits per heavy atom. The van der Waals surface area contributed by atoms with E-state index in [1.165, 1.54) is 11.1 Å². The van der Waals surface area contributed by atoms with Crippen molar-refractivity contribution < 1.29 is 5.02 Å². The van der Waals surface area contributed by atoms with Crippen molar-refractivity contribution in [1.82, 2.24) is 4.90 Å². The van der Waals surface area contributed by atoms with Crippen LogP contribution in [-0.2, 0) is 13.0 Å². The maximum atomic E-state index is 9.59. The van der Waals surface area contributed by atoms with Crippen molar-refractivity contribution >= 4 is 12.4 Å². The highest BCUT2D eigenvalue weighted by molar-refractivity contribution is 6.64. The van der Waals surface area contributed by atoms with Gasteiger partial charge in [0.2, 0.25) is 0 Å². The lowest BCUT2D eigenvalue weighted by molar-refractivity contribution is 0.203. The van der Waals surface area contributed by atoms with E-state index in [9.17, 15) is 5.02 Å². The lowest BCUT2D eigenvalue weighted by Gasteiger charge is -2.32. The molecule has 1 aliphatic rings. The fraction of sp³-hybridized carbons (Fsp3) is 0.538. The molecule has 1 aromatic carbocycles. The smallest absolute Gasteiger partial charge is 0.320 e. The van der Waals surface area contributed by atoms with Gasteiger partial charge in [-0.3, -0.25) is 4.90 Å². The van der Waals surface area contributed by atoms with Crippen molar-refractivity contribution in [1.29, 1.82) is 0 Å². The molecular formula is C13H20BNO. The molecule has 0 radical (unpaired) electrons. The highest BCUT2D eigenvalue weighted by atomic mass is 16.2. The molecule has 0 saturated heterocycles. The third-order valence-corrected chi connectivity index (χ3v) is 3.48. The maximum Gasteiger partial charge on any atom is 0.320 e. The third-order valence-electron chi connectivity index (χ3n) is 3.48. The first-order chi connectivity index (χ1) is 7.58. The summed E-state index contributed by atoms with van der Waals surface area (Å²) in [5.41, 5.74) is 3.86. The fourth-order valence-electron chi connectivity index (χ4n) is 2.30. The molecule has 1 N–H and O–H groups in total. The predicted octanol–water partition coefficient (Wildman–Crippen LogP) is 1.27. The van der Waals surface area contributed by atoms with E-state index in [1.807, 2.05) is 6.82 Å². The Hall–Kier alpha value is -0.795. The molecule has 1 aliphatic heterocycles. The molecule has 0 aliphatic carbocycles. The first-order valence-corrected chi connectivity index (χ1v) is 6.11. The Balaban J connectivity index is 2.25. The van der Waals surface area contributed by atoms with Gasteiger partial charge >= 0.3 is 6.92 Å². The largest absolute Gasteiger partial charge is 0.447 e. The van der Waals surface area contributed by atoms with Crippen molar-refractivity contribution in [3.05, 3.63) is 29.3 Å². The summed E-state index contributed by atoms with van der Waals surface area (Å²) in [6.07, 6.45) is 1.13. The van der Waals surface area contributed by atoms with Crippen LogP contribution in [0.15, 0.2) is 18.2 Å². The van der Waals surface area contributed by atoms with Crippen LogP contribution in [0, 0.1) is 0 Å². The van der Waals surface area contributed by atoms with E-state index < -0.39 is 0 Å². The minimum Gasteiger partial charge on any atom is -0.447 e. The normalized spacial score (nSPS) is 16.3. The first kappa shape index (κ1) is 11.7. The van der Waals surface area contributed by atoms with Crippen LogP contribution in [0.2, 0.25) is 6.82 Å². The summed E-state index contributed by atoms with van der Waals surface area (Å²) < 4.78 is 0. The highest BCUT2D eigenvalue weighted by Gasteiger charge is 2.19. The van der Waals surface area contributed by atoms with Crippen LogP contribution >= 0.6 is 0 Å². The molecule has 86 valence electrons. The van der Waals surface area contributed by atoms with Gasteiger partial charge in [0.1, 0.15) is 0 Å². The Morgan fingerprint density at radius 1 is 1.31 bits per heavy atom. The van der Waals surface area contributed by atoms with Crippen LogP contribution in [-0.4, -0.2) is 29.4 Å². The number of hydrogen-bond acceptors (Lipinski definition) is 2. The highest BCUT2D eigenvalue weighted by Crippen LogP contribution is 2.19. The lowest BCUT2D eigenvalue weighted by Crippen LogP contribution is -2.37. The molecule has 0 unspecified atom stereocenters. The fourth-order valence-corrected chi connectivity index (χ4v) is 2.30. The SMILES string of the molecule is CB(O)c1ccc2c(c1)CN(C(C)C)CC2. The van der Waals surface area contributed by atoms with Crippen LogP contribution in [0.1, 0.15) is 25.0 Å². The van der Waals surface area contributed by atoms with E-state index in [0.717, 1.165) is 25.0 Å². The van der Waals surface area contributed by atoms with E-state index >= 15 is 0 Å². The molecule has 0 fully saturated rings. The quantitative estimate of drug-likeness (QED) is 0.754. The van der Waals surface area contributed by atoms with Crippen LogP contribution < -0.4 is 5.46 Å². The summed E-state index contributed by atoms with van der Waals surface area (Å²) >= 11 is 0. The minimum absolute atomic E-state index is 0.361. The van der Waals surface area contributed by atoms with E-state index in [2.05, 4.69) is 36.9 Å². The molecule has 3 heteroatoms. The van der Waals surface area contributed by atoms with E-state index in [0.29, 0.717) is 6.04 Å². The van der Waals surface area contributed by atoms with Crippen molar-refractivity contribution in [2.45, 2.75) is 39.7 Å². The van der Waals surface area contributed by atoms with E-state index in [1.54, 1.807) is 0 Å². The molecule has 2 nitrogen and oxygen atoms in total. The van der Waals surface area contributed by atoms with Crippen molar-refractivity contribution in [2.75, 3.05) is 6.54 Å². The molecule has 0 aromatic heterocycles. The number of fused-ring (bicyclic) bond motifs is 1. The maximum absolute atomic E-state index is 9.59. The summed E-state index contributed by atoms with van der Waals surface area (Å²) in [6, 6.07) is 6.99. The van der Waals surface area contributed by atoms with Crippen LogP contribution in [0.25, 0.3) is 0 Å². The zero-order chi connectivity index (χ0) is 11.7. The number of hydrogen-bond donors (Lipinski definition) is 1. The van der Waals surface area contributed by atoms with Gasteiger partial charge in [-0.25, -0.2) is 0 Å². The van der Waals surface area contributed by atoms with Crippen LogP contribution in [0.3, 0.4) is 0 Å². The average molecular weight is 217 g/mol. The van der Waals surface area contributed by atoms with Crippen molar-refractivity contribution in [3.8, 4) is 0 Å². The molecule has 1 aromatic rings. The molecule has 2 rings (SSSR count). The van der Waals surface area contributed by atoms with Gasteiger partial charge in [-0.2, -0.15) is 0 Å². The molecule has 0 atom stereocenters. The molecule has 0 amide bonds. The molecule has 16 heavy (non-hydrogen) atoms. The molecule has 0 saturated carbocycles. The monoisotopic (exact) mass is 217 g/mol. The molecule has 0 bridgehead atoms. The standard InChI is InChI=1S/C13H20BNO/c1-10(2)15-7-6-11-4-5-13(14(3)16)8-12(11)9-15/h4-5,8,10,16H,6-7,9H2,1-3H3. The second kappa shape index (κ2) is 4.60. The van der Waals surface area contributed by atoms with Gasteiger partial charge in [0, 0.05) is 19.1 Å². The summed E-state index contributed by atoms with van der Waals surface area (Å²) in [5, 5.41) is 9.59. The van der Waals surface area contributed by atoms with Gasteiger partial charge in [-0.15, -0.1) is 0 Å². The van der Waals surface area contributed by atoms with Crippen LogP contribution in [0.5, 0.6) is 0 Å². The van der Waals surface area contributed by atoms with Gasteiger partial charge in [-0.1, -0.05) is 25.0 Å². The molecule has 1 heterocycles. The van der Waals surface area contributed by atoms with Gasteiger partial charge in [0.15, 0.2) is 0 Å². The summed E-state index contributed by atoms with van der Waals surface area (Å²) in [4.78, 5) is 2.48. The topological polar surface area (TPSA) is 23.5 Å². The van der Waals surface area contributed by atoms with Gasteiger partial charge in [0.05, 0.1) is 0 Å². The zero-order valence-electron chi connectivity index (χ0n) is 10.4. The Kier molecular flexibility index (Phi) is 3.36. The number of rotatable bonds is 2. The number of nitrogens with zero attached hydrogens (tertiary/aromatic N) is 1. The first-order valence-electron chi connectivity index (χ1n) is 6.11. The third kappa shape index (κ3) is 2.31. The Labute approximate surface area is 98.4 Å². The second-order valence-electron chi connectivity index (χ2n) is 5.02.